The monoisotopic (exact) mass is 1030 g/mol. The number of rotatable bonds is 30. The lowest BCUT2D eigenvalue weighted by Crippen LogP contribution is -2.26. The van der Waals surface area contributed by atoms with Crippen molar-refractivity contribution in [1.82, 2.24) is 0 Å². The molecule has 424 valence electrons. The Hall–Kier alpha value is -4.28. The molecule has 0 fully saturated rings. The third kappa shape index (κ3) is 46.8. The van der Waals surface area contributed by atoms with Gasteiger partial charge in [-0.25, -0.2) is 0 Å². The van der Waals surface area contributed by atoms with Crippen LogP contribution in [0.15, 0.2) is 30.3 Å². The minimum atomic E-state index is -0.421. The van der Waals surface area contributed by atoms with E-state index in [0.717, 1.165) is 50.7 Å². The topological polar surface area (TPSA) is 217 Å². The van der Waals surface area contributed by atoms with E-state index >= 15 is 0 Å². The van der Waals surface area contributed by atoms with Crippen molar-refractivity contribution in [3.63, 3.8) is 0 Å². The molecule has 0 aliphatic rings. The molecule has 1 aromatic carbocycles. The van der Waals surface area contributed by atoms with Gasteiger partial charge >= 0.3 is 35.8 Å². The molecule has 6 atom stereocenters. The number of hydrogen-bond acceptors (Lipinski definition) is 16. The molecule has 0 aromatic heterocycles. The van der Waals surface area contributed by atoms with Crippen LogP contribution in [0.4, 0.5) is 0 Å². The number of hydrogen-bond donors (Lipinski definition) is 2. The molecule has 0 saturated carbocycles. The second-order valence-corrected chi connectivity index (χ2v) is 17.8. The van der Waals surface area contributed by atoms with Crippen molar-refractivity contribution in [2.24, 2.45) is 40.9 Å². The van der Waals surface area contributed by atoms with Crippen LogP contribution < -0.4 is 4.74 Å². The maximum Gasteiger partial charge on any atom is 0.311 e. The Labute approximate surface area is 436 Å². The van der Waals surface area contributed by atoms with E-state index in [0.29, 0.717) is 45.6 Å². The molecule has 72 heavy (non-hydrogen) atoms. The number of ether oxygens (including phenoxy) is 8. The second kappa shape index (κ2) is 53.0. The second-order valence-electron chi connectivity index (χ2n) is 17.8. The van der Waals surface area contributed by atoms with Crippen LogP contribution in [0.3, 0.4) is 0 Å². The molecule has 1 aromatic rings. The average molecular weight is 1030 g/mol. The molecule has 0 aliphatic heterocycles. The summed E-state index contributed by atoms with van der Waals surface area (Å²) in [6.45, 7) is 33.6. The number of unbranched alkanes of at least 4 members (excludes halogenated alkanes) is 1. The normalized spacial score (nSPS) is 12.7. The van der Waals surface area contributed by atoms with E-state index in [9.17, 15) is 28.8 Å². The van der Waals surface area contributed by atoms with E-state index in [1.807, 2.05) is 120 Å². The molecule has 0 bridgehead atoms. The first-order valence-corrected chi connectivity index (χ1v) is 26.5. The van der Waals surface area contributed by atoms with Gasteiger partial charge in [0.05, 0.1) is 68.0 Å². The Morgan fingerprint density at radius 3 is 1.25 bits per heavy atom. The van der Waals surface area contributed by atoms with Gasteiger partial charge in [-0.05, 0) is 83.8 Å². The zero-order valence-electron chi connectivity index (χ0n) is 48.1. The van der Waals surface area contributed by atoms with Crippen LogP contribution in [0.5, 0.6) is 5.75 Å². The summed E-state index contributed by atoms with van der Waals surface area (Å²) in [5.74, 6) is 0.510. The Bertz CT molecular complexity index is 1440. The molecular formula is C56H104O16. The number of benzene rings is 1. The fraction of sp³-hybridized carbons (Fsp3) is 0.786. The van der Waals surface area contributed by atoms with E-state index in [2.05, 4.69) is 18.6 Å². The maximum absolute atomic E-state index is 11.4. The predicted octanol–water partition coefficient (Wildman–Crippen LogP) is 10.8. The summed E-state index contributed by atoms with van der Waals surface area (Å²) in [7, 11) is 1.58. The largest absolute Gasteiger partial charge is 0.490 e. The van der Waals surface area contributed by atoms with Crippen molar-refractivity contribution in [3.8, 4) is 5.75 Å². The number of methoxy groups -OCH3 is 1. The Morgan fingerprint density at radius 1 is 0.500 bits per heavy atom. The average Bonchev–Trinajstić information content (AvgIpc) is 3.40. The van der Waals surface area contributed by atoms with Gasteiger partial charge in [0.1, 0.15) is 38.8 Å². The van der Waals surface area contributed by atoms with Crippen LogP contribution in [0, 0.1) is 40.9 Å². The van der Waals surface area contributed by atoms with Gasteiger partial charge in [0, 0.05) is 7.11 Å². The van der Waals surface area contributed by atoms with Gasteiger partial charge in [-0.1, -0.05) is 127 Å². The minimum Gasteiger partial charge on any atom is -0.490 e. The van der Waals surface area contributed by atoms with E-state index in [1.54, 1.807) is 14.0 Å². The number of carbonyl (C=O) groups is 6. The van der Waals surface area contributed by atoms with Crippen molar-refractivity contribution in [2.75, 3.05) is 73.2 Å². The number of aliphatic hydroxyl groups is 2. The molecule has 0 heterocycles. The van der Waals surface area contributed by atoms with Crippen LogP contribution in [0.1, 0.15) is 175 Å². The lowest BCUT2D eigenvalue weighted by Gasteiger charge is -2.19. The van der Waals surface area contributed by atoms with Crippen LogP contribution in [-0.2, 0) is 61.9 Å². The third-order valence-corrected chi connectivity index (χ3v) is 11.3. The molecule has 16 nitrogen and oxygen atoms in total. The summed E-state index contributed by atoms with van der Waals surface area (Å²) in [5, 5.41) is 16.7. The van der Waals surface area contributed by atoms with Gasteiger partial charge in [-0.2, -0.15) is 0 Å². The fourth-order valence-electron chi connectivity index (χ4n) is 4.45. The number of aliphatic hydroxyl groups excluding tert-OH is 2. The van der Waals surface area contributed by atoms with Crippen LogP contribution in [0.2, 0.25) is 0 Å². The summed E-state index contributed by atoms with van der Waals surface area (Å²) in [6.07, 6.45) is 9.62. The first kappa shape index (κ1) is 76.6. The van der Waals surface area contributed by atoms with Gasteiger partial charge < -0.3 is 48.1 Å². The SMILES string of the molecule is CCC(C)(C)C(=O)OCCO.CCC(C)C(=O)OCCO.CCC(C)C(=O)OCCOC.CCC(C)C(=O)OCCOc1ccccc1.CCCCC(CC)COC(=O)C(C)CC.CCOC(=O)C(C)CC. The minimum absolute atomic E-state index is 0.00635. The highest BCUT2D eigenvalue weighted by atomic mass is 16.6. The Kier molecular flexibility index (Phi) is 56.4. The van der Waals surface area contributed by atoms with Gasteiger partial charge in [-0.15, -0.1) is 0 Å². The van der Waals surface area contributed by atoms with E-state index in [-0.39, 0.29) is 91.8 Å². The van der Waals surface area contributed by atoms with Crippen molar-refractivity contribution in [2.45, 2.75) is 175 Å². The standard InChI is InChI=1S/C13H18O3.C13H26O2.2C8H16O3.C7H14O3.C7H14O2/c1-3-11(2)13(14)16-10-9-15-12-7-5-4-6-8-12;1-5-8-9-12(7-3)10-15-13(14)11(4)6-2;1-4-8(2,3)7(10)11-6-5-9;1-4-7(2)8(9)11-6-5-10-3;1-3-6(2)7(9)10-5-4-8;1-4-6(3)7(8)9-5-2/h4-8,11H,3,9-10H2,1-2H3;11-12H,5-10H2,1-4H3;9H,4-6H2,1-3H3;7H,4-6H2,1-3H3;6,8H,3-5H2,1-2H3;6H,4-5H2,1-3H3. The lowest BCUT2D eigenvalue weighted by molar-refractivity contribution is -0.155. The molecule has 6 unspecified atom stereocenters. The van der Waals surface area contributed by atoms with Gasteiger partial charge in [0.25, 0.3) is 0 Å². The third-order valence-electron chi connectivity index (χ3n) is 11.3. The van der Waals surface area contributed by atoms with E-state index in [1.165, 1.54) is 19.3 Å². The smallest absolute Gasteiger partial charge is 0.311 e. The summed E-state index contributed by atoms with van der Waals surface area (Å²) < 4.78 is 39.5. The zero-order chi connectivity index (χ0) is 56.3. The lowest BCUT2D eigenvalue weighted by atomic mass is 9.91. The van der Waals surface area contributed by atoms with Crippen LogP contribution in [-0.4, -0.2) is 119 Å². The highest BCUT2D eigenvalue weighted by molar-refractivity contribution is 5.76. The number of carbonyl (C=O) groups excluding carboxylic acids is 6. The molecular weight excluding hydrogens is 929 g/mol. The molecule has 0 aliphatic carbocycles. The molecule has 0 radical (unpaired) electrons. The summed E-state index contributed by atoms with van der Waals surface area (Å²) >= 11 is 0. The molecule has 2 N–H and O–H groups in total. The maximum atomic E-state index is 11.4. The van der Waals surface area contributed by atoms with E-state index < -0.39 is 5.41 Å². The van der Waals surface area contributed by atoms with Crippen molar-refractivity contribution in [3.05, 3.63) is 30.3 Å². The van der Waals surface area contributed by atoms with Gasteiger partial charge in [-0.3, -0.25) is 28.8 Å². The molecule has 16 heteroatoms. The molecule has 0 spiro atoms. The van der Waals surface area contributed by atoms with E-state index in [4.69, 9.17) is 43.4 Å². The fourth-order valence-corrected chi connectivity index (χ4v) is 4.45. The quantitative estimate of drug-likeness (QED) is 0.0416. The van der Waals surface area contributed by atoms with Crippen LogP contribution in [0.25, 0.3) is 0 Å². The van der Waals surface area contributed by atoms with Gasteiger partial charge in [0.15, 0.2) is 0 Å². The van der Waals surface area contributed by atoms with Crippen LogP contribution >= 0.6 is 0 Å². The zero-order valence-corrected chi connectivity index (χ0v) is 48.1. The van der Waals surface area contributed by atoms with Crippen molar-refractivity contribution < 1.29 is 76.9 Å². The van der Waals surface area contributed by atoms with Crippen molar-refractivity contribution in [1.29, 1.82) is 0 Å². The Balaban J connectivity index is -0.000000253. The first-order chi connectivity index (χ1) is 34.1. The molecule has 1 rings (SSSR count). The number of para-hydroxylation sites is 1. The number of esters is 6. The summed E-state index contributed by atoms with van der Waals surface area (Å²) in [6, 6.07) is 9.48. The van der Waals surface area contributed by atoms with Gasteiger partial charge in [0.2, 0.25) is 0 Å². The first-order valence-electron chi connectivity index (χ1n) is 26.5. The molecule has 0 saturated heterocycles. The summed E-state index contributed by atoms with van der Waals surface area (Å²) in [4.78, 5) is 66.4. The Morgan fingerprint density at radius 2 is 0.889 bits per heavy atom. The summed E-state index contributed by atoms with van der Waals surface area (Å²) in [5.41, 5.74) is -0.421. The highest BCUT2D eigenvalue weighted by Gasteiger charge is 2.26. The molecule has 0 amide bonds. The predicted molar refractivity (Wildman–Crippen MR) is 284 cm³/mol. The highest BCUT2D eigenvalue weighted by Crippen LogP contribution is 2.21. The van der Waals surface area contributed by atoms with Crippen molar-refractivity contribution >= 4 is 35.8 Å².